The minimum Gasteiger partial charge on any atom is -0.342 e. The van der Waals surface area contributed by atoms with Crippen LogP contribution in [0, 0.1) is 5.92 Å². The highest BCUT2D eigenvalue weighted by molar-refractivity contribution is 5.94. The van der Waals surface area contributed by atoms with Crippen LogP contribution < -0.4 is 5.32 Å². The number of rotatable bonds is 5. The van der Waals surface area contributed by atoms with Crippen LogP contribution in [-0.4, -0.2) is 20.9 Å². The Kier molecular flexibility index (Phi) is 4.37. The van der Waals surface area contributed by atoms with Crippen molar-refractivity contribution in [2.45, 2.75) is 26.3 Å². The van der Waals surface area contributed by atoms with Gasteiger partial charge in [0.05, 0.1) is 22.6 Å². The second-order valence-corrected chi connectivity index (χ2v) is 5.72. The number of aromatic nitrogens is 3. The van der Waals surface area contributed by atoms with Gasteiger partial charge in [0.1, 0.15) is 5.82 Å². The fourth-order valence-corrected chi connectivity index (χ4v) is 2.56. The molecule has 2 atom stereocenters. The van der Waals surface area contributed by atoms with Gasteiger partial charge in [-0.25, -0.2) is 4.98 Å². The van der Waals surface area contributed by atoms with Crippen LogP contribution in [0.1, 0.15) is 42.5 Å². The SMILES string of the molecule is CC[C@@H](C)[C@@H](NC(=O)c1cccnc1)c1nc2ccccc2[nH]1. The molecule has 0 aliphatic heterocycles. The van der Waals surface area contributed by atoms with Gasteiger partial charge in [-0.2, -0.15) is 0 Å². The number of fused-ring (bicyclic) bond motifs is 1. The van der Waals surface area contributed by atoms with Crippen molar-refractivity contribution in [3.8, 4) is 0 Å². The summed E-state index contributed by atoms with van der Waals surface area (Å²) in [4.78, 5) is 24.4. The molecule has 0 fully saturated rings. The molecule has 5 nitrogen and oxygen atoms in total. The number of hydrogen-bond acceptors (Lipinski definition) is 3. The molecule has 0 aliphatic rings. The highest BCUT2D eigenvalue weighted by atomic mass is 16.1. The van der Waals surface area contributed by atoms with Crippen molar-refractivity contribution in [3.63, 3.8) is 0 Å². The number of carbonyl (C=O) groups is 1. The van der Waals surface area contributed by atoms with Gasteiger partial charge in [0, 0.05) is 12.4 Å². The number of pyridine rings is 1. The highest BCUT2D eigenvalue weighted by Crippen LogP contribution is 2.25. The molecule has 2 heterocycles. The fourth-order valence-electron chi connectivity index (χ4n) is 2.56. The van der Waals surface area contributed by atoms with E-state index >= 15 is 0 Å². The summed E-state index contributed by atoms with van der Waals surface area (Å²) in [6.07, 6.45) is 4.17. The Morgan fingerprint density at radius 1 is 1.26 bits per heavy atom. The summed E-state index contributed by atoms with van der Waals surface area (Å²) in [6.45, 7) is 4.22. The lowest BCUT2D eigenvalue weighted by Crippen LogP contribution is -2.33. The zero-order chi connectivity index (χ0) is 16.2. The number of para-hydroxylation sites is 2. The maximum absolute atomic E-state index is 12.5. The number of imidazole rings is 1. The largest absolute Gasteiger partial charge is 0.342 e. The van der Waals surface area contributed by atoms with Crippen molar-refractivity contribution in [2.24, 2.45) is 5.92 Å². The van der Waals surface area contributed by atoms with E-state index in [2.05, 4.69) is 34.1 Å². The number of benzene rings is 1. The Morgan fingerprint density at radius 2 is 2.09 bits per heavy atom. The predicted octanol–water partition coefficient (Wildman–Crippen LogP) is 3.48. The van der Waals surface area contributed by atoms with E-state index in [1.54, 1.807) is 24.5 Å². The van der Waals surface area contributed by atoms with Crippen LogP contribution >= 0.6 is 0 Å². The van der Waals surface area contributed by atoms with Crippen LogP contribution in [0.4, 0.5) is 0 Å². The molecule has 5 heteroatoms. The summed E-state index contributed by atoms with van der Waals surface area (Å²) in [5.74, 6) is 0.915. The van der Waals surface area contributed by atoms with E-state index in [0.717, 1.165) is 23.3 Å². The average Bonchev–Trinajstić information content (AvgIpc) is 3.03. The highest BCUT2D eigenvalue weighted by Gasteiger charge is 2.24. The molecule has 0 saturated carbocycles. The maximum atomic E-state index is 12.5. The standard InChI is InChI=1S/C18H20N4O/c1-3-12(2)16(22-18(23)13-7-6-10-19-11-13)17-20-14-8-4-5-9-15(14)21-17/h4-12,16H,3H2,1-2H3,(H,20,21)(H,22,23)/t12-,16-/m1/s1. The first-order valence-corrected chi connectivity index (χ1v) is 7.84. The summed E-state index contributed by atoms with van der Waals surface area (Å²) >= 11 is 0. The monoisotopic (exact) mass is 308 g/mol. The van der Waals surface area contributed by atoms with Crippen LogP contribution in [0.5, 0.6) is 0 Å². The van der Waals surface area contributed by atoms with Gasteiger partial charge in [-0.05, 0) is 30.2 Å². The number of nitrogens with zero attached hydrogens (tertiary/aromatic N) is 2. The molecule has 0 radical (unpaired) electrons. The number of aromatic amines is 1. The van der Waals surface area contributed by atoms with E-state index in [4.69, 9.17) is 0 Å². The molecular formula is C18H20N4O. The molecule has 3 rings (SSSR count). The molecule has 118 valence electrons. The van der Waals surface area contributed by atoms with Crippen LogP contribution in [0.15, 0.2) is 48.8 Å². The van der Waals surface area contributed by atoms with Crippen molar-refractivity contribution in [1.29, 1.82) is 0 Å². The number of carbonyl (C=O) groups excluding carboxylic acids is 1. The Balaban J connectivity index is 1.90. The van der Waals surface area contributed by atoms with Gasteiger partial charge >= 0.3 is 0 Å². The maximum Gasteiger partial charge on any atom is 0.253 e. The number of hydrogen-bond donors (Lipinski definition) is 2. The van der Waals surface area contributed by atoms with Gasteiger partial charge in [0.25, 0.3) is 5.91 Å². The van der Waals surface area contributed by atoms with Gasteiger partial charge in [0.2, 0.25) is 0 Å². The normalized spacial score (nSPS) is 13.7. The molecule has 3 aromatic rings. The molecular weight excluding hydrogens is 288 g/mol. The smallest absolute Gasteiger partial charge is 0.253 e. The molecule has 23 heavy (non-hydrogen) atoms. The minimum atomic E-state index is -0.167. The summed E-state index contributed by atoms with van der Waals surface area (Å²) in [7, 11) is 0. The third-order valence-electron chi connectivity index (χ3n) is 4.13. The summed E-state index contributed by atoms with van der Waals surface area (Å²) in [6, 6.07) is 11.2. The molecule has 0 spiro atoms. The van der Waals surface area contributed by atoms with Gasteiger partial charge in [-0.15, -0.1) is 0 Å². The van der Waals surface area contributed by atoms with Gasteiger partial charge in [0.15, 0.2) is 0 Å². The van der Waals surface area contributed by atoms with E-state index in [1.807, 2.05) is 24.3 Å². The predicted molar refractivity (Wildman–Crippen MR) is 90.0 cm³/mol. The first-order chi connectivity index (χ1) is 11.2. The van der Waals surface area contributed by atoms with Crippen molar-refractivity contribution in [3.05, 3.63) is 60.2 Å². The Labute approximate surface area is 135 Å². The van der Waals surface area contributed by atoms with E-state index in [1.165, 1.54) is 0 Å². The summed E-state index contributed by atoms with van der Waals surface area (Å²) in [5, 5.41) is 3.09. The van der Waals surface area contributed by atoms with E-state index in [9.17, 15) is 4.79 Å². The quantitative estimate of drug-likeness (QED) is 0.758. The molecule has 2 N–H and O–H groups in total. The average molecular weight is 308 g/mol. The fraction of sp³-hybridized carbons (Fsp3) is 0.278. The molecule has 0 aliphatic carbocycles. The molecule has 0 saturated heterocycles. The van der Waals surface area contributed by atoms with Crippen LogP contribution in [0.25, 0.3) is 11.0 Å². The Hall–Kier alpha value is -2.69. The zero-order valence-electron chi connectivity index (χ0n) is 13.3. The molecule has 1 amide bonds. The van der Waals surface area contributed by atoms with Crippen molar-refractivity contribution >= 4 is 16.9 Å². The summed E-state index contributed by atoms with van der Waals surface area (Å²) in [5.41, 5.74) is 2.44. The Morgan fingerprint density at radius 3 is 2.78 bits per heavy atom. The lowest BCUT2D eigenvalue weighted by Gasteiger charge is -2.22. The van der Waals surface area contributed by atoms with Crippen LogP contribution in [0.2, 0.25) is 0 Å². The van der Waals surface area contributed by atoms with Crippen LogP contribution in [-0.2, 0) is 0 Å². The first-order valence-electron chi connectivity index (χ1n) is 7.84. The lowest BCUT2D eigenvalue weighted by atomic mass is 9.98. The zero-order valence-corrected chi connectivity index (χ0v) is 13.3. The van der Waals surface area contributed by atoms with Gasteiger partial charge in [-0.1, -0.05) is 32.4 Å². The van der Waals surface area contributed by atoms with E-state index in [0.29, 0.717) is 5.56 Å². The van der Waals surface area contributed by atoms with E-state index < -0.39 is 0 Å². The van der Waals surface area contributed by atoms with E-state index in [-0.39, 0.29) is 17.9 Å². The Bertz CT molecular complexity index is 764. The summed E-state index contributed by atoms with van der Waals surface area (Å²) < 4.78 is 0. The van der Waals surface area contributed by atoms with Gasteiger partial charge < -0.3 is 10.3 Å². The lowest BCUT2D eigenvalue weighted by molar-refractivity contribution is 0.0920. The van der Waals surface area contributed by atoms with Gasteiger partial charge in [-0.3, -0.25) is 9.78 Å². The topological polar surface area (TPSA) is 70.7 Å². The number of nitrogens with one attached hydrogen (secondary N) is 2. The molecule has 0 unspecified atom stereocenters. The number of H-pyrrole nitrogens is 1. The number of amides is 1. The van der Waals surface area contributed by atoms with Crippen molar-refractivity contribution in [2.75, 3.05) is 0 Å². The van der Waals surface area contributed by atoms with Crippen molar-refractivity contribution in [1.82, 2.24) is 20.3 Å². The first kappa shape index (κ1) is 15.2. The second kappa shape index (κ2) is 6.60. The molecule has 1 aromatic carbocycles. The molecule has 0 bridgehead atoms. The van der Waals surface area contributed by atoms with Crippen molar-refractivity contribution < 1.29 is 4.79 Å². The molecule has 2 aromatic heterocycles. The third-order valence-corrected chi connectivity index (χ3v) is 4.13. The second-order valence-electron chi connectivity index (χ2n) is 5.72. The van der Waals surface area contributed by atoms with Crippen LogP contribution in [0.3, 0.4) is 0 Å². The minimum absolute atomic E-state index is 0.135. The third kappa shape index (κ3) is 3.23.